The van der Waals surface area contributed by atoms with Gasteiger partial charge in [-0.3, -0.25) is 14.9 Å². The zero-order valence-corrected chi connectivity index (χ0v) is 17.5. The van der Waals surface area contributed by atoms with Gasteiger partial charge in [-0.15, -0.1) is 0 Å². The van der Waals surface area contributed by atoms with E-state index in [9.17, 15) is 19.7 Å². The van der Waals surface area contributed by atoms with Crippen molar-refractivity contribution in [1.82, 2.24) is 4.90 Å². The summed E-state index contributed by atoms with van der Waals surface area (Å²) in [6.45, 7) is 5.42. The van der Waals surface area contributed by atoms with Crippen molar-refractivity contribution in [2.24, 2.45) is 0 Å². The summed E-state index contributed by atoms with van der Waals surface area (Å²) < 4.78 is 4.92. The summed E-state index contributed by atoms with van der Waals surface area (Å²) in [6.07, 6.45) is 0. The van der Waals surface area contributed by atoms with Crippen molar-refractivity contribution in [3.8, 4) is 0 Å². The van der Waals surface area contributed by atoms with E-state index < -0.39 is 10.9 Å². The summed E-state index contributed by atoms with van der Waals surface area (Å²) in [4.78, 5) is 39.3. The van der Waals surface area contributed by atoms with Crippen LogP contribution < -0.4 is 4.90 Å². The Hall–Kier alpha value is -3.13. The molecule has 1 aliphatic rings. The first-order valence-corrected chi connectivity index (χ1v) is 9.95. The molecule has 0 N–H and O–H groups in total. The van der Waals surface area contributed by atoms with Crippen LogP contribution in [0, 0.1) is 17.0 Å². The highest BCUT2D eigenvalue weighted by molar-refractivity contribution is 6.33. The van der Waals surface area contributed by atoms with Gasteiger partial charge in [-0.1, -0.05) is 17.7 Å². The topological polar surface area (TPSA) is 93.0 Å². The number of piperazine rings is 1. The van der Waals surface area contributed by atoms with Gasteiger partial charge in [0.2, 0.25) is 0 Å². The first-order chi connectivity index (χ1) is 14.3. The van der Waals surface area contributed by atoms with Gasteiger partial charge in [0.1, 0.15) is 5.69 Å². The number of anilines is 1. The number of hydrogen-bond acceptors (Lipinski definition) is 6. The van der Waals surface area contributed by atoms with Crippen LogP contribution in [-0.2, 0) is 4.74 Å². The Kier molecular flexibility index (Phi) is 6.56. The van der Waals surface area contributed by atoms with Gasteiger partial charge in [-0.05, 0) is 43.7 Å². The van der Waals surface area contributed by atoms with Crippen molar-refractivity contribution < 1.29 is 19.2 Å². The molecule has 9 heteroatoms. The molecule has 0 saturated carbocycles. The molecule has 0 spiro atoms. The molecule has 8 nitrogen and oxygen atoms in total. The Balaban J connectivity index is 1.75. The van der Waals surface area contributed by atoms with Gasteiger partial charge in [-0.2, -0.15) is 0 Å². The van der Waals surface area contributed by atoms with Crippen molar-refractivity contribution in [3.63, 3.8) is 0 Å². The summed E-state index contributed by atoms with van der Waals surface area (Å²) >= 11 is 6.22. The lowest BCUT2D eigenvalue weighted by Crippen LogP contribution is -2.49. The smallest absolute Gasteiger partial charge is 0.338 e. The molecule has 0 radical (unpaired) electrons. The first-order valence-electron chi connectivity index (χ1n) is 9.57. The number of aryl methyl sites for hydroxylation is 1. The van der Waals surface area contributed by atoms with Crippen LogP contribution in [-0.4, -0.2) is 54.5 Å². The molecule has 0 unspecified atom stereocenters. The molecular formula is C21H22ClN3O5. The van der Waals surface area contributed by atoms with Crippen LogP contribution in [0.3, 0.4) is 0 Å². The van der Waals surface area contributed by atoms with Gasteiger partial charge in [-0.25, -0.2) is 4.79 Å². The maximum Gasteiger partial charge on any atom is 0.338 e. The normalized spacial score (nSPS) is 13.8. The predicted molar refractivity (Wildman–Crippen MR) is 113 cm³/mol. The van der Waals surface area contributed by atoms with Crippen molar-refractivity contribution >= 4 is 34.9 Å². The van der Waals surface area contributed by atoms with Gasteiger partial charge in [0.25, 0.3) is 11.6 Å². The van der Waals surface area contributed by atoms with Crippen LogP contribution in [0.2, 0.25) is 5.02 Å². The number of benzene rings is 2. The summed E-state index contributed by atoms with van der Waals surface area (Å²) in [5.74, 6) is -0.760. The van der Waals surface area contributed by atoms with Crippen molar-refractivity contribution in [3.05, 3.63) is 68.2 Å². The number of nitrogens with zero attached hydrogens (tertiary/aromatic N) is 3. The molecule has 1 heterocycles. The molecule has 0 bridgehead atoms. The van der Waals surface area contributed by atoms with Gasteiger partial charge in [0.05, 0.1) is 27.7 Å². The monoisotopic (exact) mass is 431 g/mol. The van der Waals surface area contributed by atoms with Crippen LogP contribution >= 0.6 is 11.6 Å². The first kappa shape index (κ1) is 21.6. The van der Waals surface area contributed by atoms with Crippen LogP contribution in [0.1, 0.15) is 33.2 Å². The third kappa shape index (κ3) is 4.54. The van der Waals surface area contributed by atoms with Crippen molar-refractivity contribution in [1.29, 1.82) is 0 Å². The molecule has 158 valence electrons. The Morgan fingerprint density at radius 2 is 1.83 bits per heavy atom. The molecule has 30 heavy (non-hydrogen) atoms. The second-order valence-electron chi connectivity index (χ2n) is 6.94. The zero-order valence-electron chi connectivity index (χ0n) is 16.8. The largest absolute Gasteiger partial charge is 0.462 e. The second-order valence-corrected chi connectivity index (χ2v) is 7.35. The number of hydrogen-bond donors (Lipinski definition) is 0. The molecule has 1 saturated heterocycles. The zero-order chi connectivity index (χ0) is 21.8. The molecule has 3 rings (SSSR count). The number of carbonyl (C=O) groups excluding carboxylic acids is 2. The van der Waals surface area contributed by atoms with Crippen LogP contribution in [0.15, 0.2) is 36.4 Å². The van der Waals surface area contributed by atoms with E-state index in [1.807, 2.05) is 17.9 Å². The molecule has 2 aromatic carbocycles. The van der Waals surface area contributed by atoms with E-state index in [1.54, 1.807) is 30.0 Å². The van der Waals surface area contributed by atoms with Crippen LogP contribution in [0.4, 0.5) is 11.4 Å². The minimum atomic E-state index is -0.599. The van der Waals surface area contributed by atoms with E-state index in [0.717, 1.165) is 5.56 Å². The van der Waals surface area contributed by atoms with E-state index in [4.69, 9.17) is 16.3 Å². The minimum Gasteiger partial charge on any atom is -0.462 e. The molecule has 2 aromatic rings. The lowest BCUT2D eigenvalue weighted by Gasteiger charge is -2.36. The maximum atomic E-state index is 12.8. The average Bonchev–Trinajstić information content (AvgIpc) is 2.73. The number of esters is 1. The SMILES string of the molecule is CCOC(=O)c1ccc(N2CCN(C(=O)c3ccc(C)cc3Cl)CC2)c([N+](=O)[O-])c1. The minimum absolute atomic E-state index is 0.134. The third-order valence-electron chi connectivity index (χ3n) is 4.95. The number of nitro benzene ring substituents is 1. The fraction of sp³-hybridized carbons (Fsp3) is 0.333. The van der Waals surface area contributed by atoms with Gasteiger partial charge in [0.15, 0.2) is 0 Å². The van der Waals surface area contributed by atoms with Crippen LogP contribution in [0.25, 0.3) is 0 Å². The number of nitro groups is 1. The van der Waals surface area contributed by atoms with Gasteiger partial charge >= 0.3 is 5.97 Å². The van der Waals surface area contributed by atoms with E-state index >= 15 is 0 Å². The molecule has 0 aliphatic carbocycles. The fourth-order valence-electron chi connectivity index (χ4n) is 3.39. The van der Waals surface area contributed by atoms with E-state index in [1.165, 1.54) is 12.1 Å². The van der Waals surface area contributed by atoms with Crippen molar-refractivity contribution in [2.75, 3.05) is 37.7 Å². The lowest BCUT2D eigenvalue weighted by atomic mass is 10.1. The third-order valence-corrected chi connectivity index (χ3v) is 5.26. The quantitative estimate of drug-likeness (QED) is 0.407. The number of ether oxygens (including phenoxy) is 1. The predicted octanol–water partition coefficient (Wildman–Crippen LogP) is 3.70. The lowest BCUT2D eigenvalue weighted by molar-refractivity contribution is -0.384. The number of amides is 1. The fourth-order valence-corrected chi connectivity index (χ4v) is 3.71. The molecule has 0 aromatic heterocycles. The highest BCUT2D eigenvalue weighted by Gasteiger charge is 2.28. The summed E-state index contributed by atoms with van der Waals surface area (Å²) in [6, 6.07) is 9.61. The van der Waals surface area contributed by atoms with Gasteiger partial charge in [0, 0.05) is 32.2 Å². The Bertz CT molecular complexity index is 987. The number of rotatable bonds is 5. The molecule has 1 aliphatic heterocycles. The summed E-state index contributed by atoms with van der Waals surface area (Å²) in [7, 11) is 0. The maximum absolute atomic E-state index is 12.8. The molecule has 1 amide bonds. The second kappa shape index (κ2) is 9.13. The van der Waals surface area contributed by atoms with E-state index in [2.05, 4.69) is 0 Å². The van der Waals surface area contributed by atoms with Gasteiger partial charge < -0.3 is 14.5 Å². The highest BCUT2D eigenvalue weighted by Crippen LogP contribution is 2.31. The van der Waals surface area contributed by atoms with Crippen molar-refractivity contribution in [2.45, 2.75) is 13.8 Å². The number of carbonyl (C=O) groups is 2. The molecule has 0 atom stereocenters. The summed E-state index contributed by atoms with van der Waals surface area (Å²) in [5.41, 5.74) is 1.80. The average molecular weight is 432 g/mol. The van der Waals surface area contributed by atoms with E-state index in [-0.39, 0.29) is 23.8 Å². The Morgan fingerprint density at radius 3 is 2.43 bits per heavy atom. The van der Waals surface area contributed by atoms with Crippen LogP contribution in [0.5, 0.6) is 0 Å². The summed E-state index contributed by atoms with van der Waals surface area (Å²) in [5, 5.41) is 12.0. The molecular weight excluding hydrogens is 410 g/mol. The Labute approximate surface area is 179 Å². The standard InChI is InChI=1S/C21H22ClN3O5/c1-3-30-21(27)15-5-7-18(19(13-15)25(28)29)23-8-10-24(11-9-23)20(26)16-6-4-14(2)12-17(16)22/h4-7,12-13H,3,8-11H2,1-2H3. The highest BCUT2D eigenvalue weighted by atomic mass is 35.5. The van der Waals surface area contributed by atoms with E-state index in [0.29, 0.717) is 42.5 Å². The Morgan fingerprint density at radius 1 is 1.13 bits per heavy atom. The molecule has 1 fully saturated rings. The number of halogens is 1.